The third-order valence-corrected chi connectivity index (χ3v) is 3.07. The molecule has 0 spiro atoms. The van der Waals surface area contributed by atoms with Crippen molar-refractivity contribution in [1.29, 1.82) is 0 Å². The Balaban J connectivity index is 2.22. The average molecular weight is 346 g/mol. The number of rotatable bonds is 2. The van der Waals surface area contributed by atoms with Crippen molar-refractivity contribution in [3.05, 3.63) is 45.1 Å². The van der Waals surface area contributed by atoms with Crippen molar-refractivity contribution in [2.45, 2.75) is 6.92 Å². The lowest BCUT2D eigenvalue weighted by Gasteiger charge is -2.06. The van der Waals surface area contributed by atoms with E-state index in [1.165, 1.54) is 24.4 Å². The Morgan fingerprint density at radius 3 is 2.88 bits per heavy atom. The maximum absolute atomic E-state index is 12.9. The summed E-state index contributed by atoms with van der Waals surface area (Å²) in [5.41, 5.74) is 0.919. The van der Waals surface area contributed by atoms with E-state index < -0.39 is 0 Å². The Morgan fingerprint density at radius 1 is 1.53 bits per heavy atom. The standard InChI is InChI=1S/C11H8FIN2O2/c1-6-8(5-14-17-6)11(16)15-10-3-2-7(12)4-9(10)13/h2-5H,1H3,(H,15,16). The fourth-order valence-electron chi connectivity index (χ4n) is 1.30. The van der Waals surface area contributed by atoms with Crippen molar-refractivity contribution in [1.82, 2.24) is 5.16 Å². The van der Waals surface area contributed by atoms with Crippen LogP contribution in [0.15, 0.2) is 28.9 Å². The fourth-order valence-corrected chi connectivity index (χ4v) is 1.91. The van der Waals surface area contributed by atoms with E-state index in [1.807, 2.05) is 22.6 Å². The number of carbonyl (C=O) groups is 1. The van der Waals surface area contributed by atoms with E-state index in [0.29, 0.717) is 20.6 Å². The van der Waals surface area contributed by atoms with Gasteiger partial charge in [-0.25, -0.2) is 4.39 Å². The lowest BCUT2D eigenvalue weighted by atomic mass is 10.2. The SMILES string of the molecule is Cc1oncc1C(=O)Nc1ccc(F)cc1I. The molecule has 4 nitrogen and oxygen atoms in total. The van der Waals surface area contributed by atoms with Crippen LogP contribution < -0.4 is 5.32 Å². The summed E-state index contributed by atoms with van der Waals surface area (Å²) >= 11 is 1.95. The van der Waals surface area contributed by atoms with Gasteiger partial charge in [0.2, 0.25) is 0 Å². The zero-order chi connectivity index (χ0) is 12.4. The van der Waals surface area contributed by atoms with E-state index in [0.717, 1.165) is 0 Å². The summed E-state index contributed by atoms with van der Waals surface area (Å²) in [7, 11) is 0. The van der Waals surface area contributed by atoms with Gasteiger partial charge < -0.3 is 9.84 Å². The molecule has 17 heavy (non-hydrogen) atoms. The predicted molar refractivity (Wildman–Crippen MR) is 68.3 cm³/mol. The van der Waals surface area contributed by atoms with Gasteiger partial charge in [0.05, 0.1) is 11.9 Å². The molecule has 6 heteroatoms. The number of aromatic nitrogens is 1. The molecule has 0 fully saturated rings. The van der Waals surface area contributed by atoms with Crippen molar-refractivity contribution in [2.75, 3.05) is 5.32 Å². The highest BCUT2D eigenvalue weighted by atomic mass is 127. The molecule has 2 aromatic rings. The lowest BCUT2D eigenvalue weighted by Crippen LogP contribution is -2.13. The van der Waals surface area contributed by atoms with Gasteiger partial charge in [0.1, 0.15) is 17.1 Å². The number of halogens is 2. The summed E-state index contributed by atoms with van der Waals surface area (Å²) in [6, 6.07) is 4.15. The van der Waals surface area contributed by atoms with Gasteiger partial charge in [0.15, 0.2) is 0 Å². The van der Waals surface area contributed by atoms with Gasteiger partial charge in [0, 0.05) is 3.57 Å². The second-order valence-electron chi connectivity index (χ2n) is 3.37. The second-order valence-corrected chi connectivity index (χ2v) is 4.54. The van der Waals surface area contributed by atoms with Crippen LogP contribution in [0, 0.1) is 16.3 Å². The number of nitrogens with one attached hydrogen (secondary N) is 1. The first-order valence-corrected chi connectivity index (χ1v) is 5.83. The fraction of sp³-hybridized carbons (Fsp3) is 0.0909. The molecule has 0 aliphatic rings. The third-order valence-electron chi connectivity index (χ3n) is 2.17. The highest BCUT2D eigenvalue weighted by molar-refractivity contribution is 14.1. The lowest BCUT2D eigenvalue weighted by molar-refractivity contribution is 0.102. The number of hydrogen-bond acceptors (Lipinski definition) is 3. The van der Waals surface area contributed by atoms with Crippen molar-refractivity contribution < 1.29 is 13.7 Å². The highest BCUT2D eigenvalue weighted by Gasteiger charge is 2.14. The predicted octanol–water partition coefficient (Wildman–Crippen LogP) is 2.98. The summed E-state index contributed by atoms with van der Waals surface area (Å²) in [5, 5.41) is 6.19. The molecule has 0 radical (unpaired) electrons. The molecule has 0 atom stereocenters. The molecule has 1 aromatic heterocycles. The number of carbonyl (C=O) groups excluding carboxylic acids is 1. The Hall–Kier alpha value is -1.44. The van der Waals surface area contributed by atoms with E-state index in [-0.39, 0.29) is 11.7 Å². The van der Waals surface area contributed by atoms with Crippen LogP contribution in [0.1, 0.15) is 16.1 Å². The van der Waals surface area contributed by atoms with Crippen LogP contribution in [-0.4, -0.2) is 11.1 Å². The molecule has 1 amide bonds. The minimum atomic E-state index is -0.339. The molecule has 2 rings (SSSR count). The largest absolute Gasteiger partial charge is 0.361 e. The van der Waals surface area contributed by atoms with Crippen LogP contribution in [-0.2, 0) is 0 Å². The third kappa shape index (κ3) is 2.63. The van der Waals surface area contributed by atoms with E-state index >= 15 is 0 Å². The van der Waals surface area contributed by atoms with E-state index in [4.69, 9.17) is 4.52 Å². The quantitative estimate of drug-likeness (QED) is 0.851. The summed E-state index contributed by atoms with van der Waals surface area (Å²) in [6.45, 7) is 1.65. The number of anilines is 1. The van der Waals surface area contributed by atoms with Crippen LogP contribution in [0.25, 0.3) is 0 Å². The number of aryl methyl sites for hydroxylation is 1. The van der Waals surface area contributed by atoms with Gasteiger partial charge in [-0.1, -0.05) is 5.16 Å². The summed E-state index contributed by atoms with van der Waals surface area (Å²) in [6.07, 6.45) is 1.35. The molecule has 0 bridgehead atoms. The minimum Gasteiger partial charge on any atom is -0.361 e. The molecule has 0 saturated carbocycles. The molecule has 0 saturated heterocycles. The van der Waals surface area contributed by atoms with Crippen LogP contribution in [0.3, 0.4) is 0 Å². The van der Waals surface area contributed by atoms with Crippen molar-refractivity contribution in [2.24, 2.45) is 0 Å². The molecule has 1 aromatic carbocycles. The van der Waals surface area contributed by atoms with Gasteiger partial charge >= 0.3 is 0 Å². The van der Waals surface area contributed by atoms with Gasteiger partial charge in [0.25, 0.3) is 5.91 Å². The number of hydrogen-bond donors (Lipinski definition) is 1. The Morgan fingerprint density at radius 2 is 2.29 bits per heavy atom. The Bertz CT molecular complexity index is 568. The van der Waals surface area contributed by atoms with Gasteiger partial charge in [-0.3, -0.25) is 4.79 Å². The highest BCUT2D eigenvalue weighted by Crippen LogP contribution is 2.20. The van der Waals surface area contributed by atoms with Gasteiger partial charge in [-0.05, 0) is 47.7 Å². The normalized spacial score (nSPS) is 10.3. The zero-order valence-electron chi connectivity index (χ0n) is 8.83. The minimum absolute atomic E-state index is 0.326. The van der Waals surface area contributed by atoms with Gasteiger partial charge in [-0.2, -0.15) is 0 Å². The molecule has 1 N–H and O–H groups in total. The first-order valence-electron chi connectivity index (χ1n) is 4.75. The van der Waals surface area contributed by atoms with Crippen molar-refractivity contribution >= 4 is 34.2 Å². The summed E-state index contributed by atoms with van der Waals surface area (Å²) in [5.74, 6) is -0.221. The maximum Gasteiger partial charge on any atom is 0.260 e. The maximum atomic E-state index is 12.9. The monoisotopic (exact) mass is 346 g/mol. The van der Waals surface area contributed by atoms with Crippen LogP contribution in [0.4, 0.5) is 10.1 Å². The topological polar surface area (TPSA) is 55.1 Å². The molecule has 1 heterocycles. The molecule has 88 valence electrons. The molecular formula is C11H8FIN2O2. The smallest absolute Gasteiger partial charge is 0.260 e. The van der Waals surface area contributed by atoms with E-state index in [2.05, 4.69) is 10.5 Å². The second kappa shape index (κ2) is 4.82. The van der Waals surface area contributed by atoms with E-state index in [1.54, 1.807) is 6.92 Å². The van der Waals surface area contributed by atoms with Crippen LogP contribution in [0.2, 0.25) is 0 Å². The summed E-state index contributed by atoms with van der Waals surface area (Å²) in [4.78, 5) is 11.8. The average Bonchev–Trinajstić information content (AvgIpc) is 2.68. The number of nitrogens with zero attached hydrogens (tertiary/aromatic N) is 1. The van der Waals surface area contributed by atoms with Crippen molar-refractivity contribution in [3.8, 4) is 0 Å². The zero-order valence-corrected chi connectivity index (χ0v) is 11.0. The first-order chi connectivity index (χ1) is 8.08. The molecule has 0 unspecified atom stereocenters. The van der Waals surface area contributed by atoms with Gasteiger partial charge in [-0.15, -0.1) is 0 Å². The number of benzene rings is 1. The Labute approximate surface area is 110 Å². The van der Waals surface area contributed by atoms with Crippen LogP contribution in [0.5, 0.6) is 0 Å². The summed E-state index contributed by atoms with van der Waals surface area (Å²) < 4.78 is 18.3. The Kier molecular flexibility index (Phi) is 3.41. The first kappa shape index (κ1) is 12.0. The molecule has 0 aliphatic heterocycles. The van der Waals surface area contributed by atoms with E-state index in [9.17, 15) is 9.18 Å². The molecular weight excluding hydrogens is 338 g/mol. The molecule has 0 aliphatic carbocycles. The van der Waals surface area contributed by atoms with Crippen molar-refractivity contribution in [3.63, 3.8) is 0 Å². The number of amides is 1. The van der Waals surface area contributed by atoms with Crippen LogP contribution >= 0.6 is 22.6 Å².